The molecule has 13 heteroatoms. The van der Waals surface area contributed by atoms with Gasteiger partial charge in [-0.2, -0.15) is 18.4 Å². The first-order valence-electron chi connectivity index (χ1n) is 11.1. The number of nitrogens with one attached hydrogen (secondary N) is 1. The molecule has 1 N–H and O–H groups in total. The van der Waals surface area contributed by atoms with E-state index >= 15 is 0 Å². The van der Waals surface area contributed by atoms with Gasteiger partial charge in [0.25, 0.3) is 10.0 Å². The maximum atomic E-state index is 13.9. The van der Waals surface area contributed by atoms with Crippen molar-refractivity contribution in [2.45, 2.75) is 40.6 Å². The second-order valence-electron chi connectivity index (χ2n) is 8.85. The molecule has 0 spiro atoms. The molecule has 6 nitrogen and oxygen atoms in total. The minimum atomic E-state index is -4.82. The van der Waals surface area contributed by atoms with Crippen LogP contribution in [0, 0.1) is 11.3 Å². The molecule has 2 atom stereocenters. The molecule has 198 valence electrons. The van der Waals surface area contributed by atoms with Crippen LogP contribution in [0.2, 0.25) is 4.34 Å². The van der Waals surface area contributed by atoms with Crippen LogP contribution in [0.3, 0.4) is 0 Å². The minimum absolute atomic E-state index is 0.0874. The van der Waals surface area contributed by atoms with Crippen molar-refractivity contribution < 1.29 is 26.3 Å². The number of thiophene rings is 1. The molecule has 1 saturated heterocycles. The summed E-state index contributed by atoms with van der Waals surface area (Å²) in [6.07, 6.45) is -3.28. The molecule has 1 fully saturated rings. The van der Waals surface area contributed by atoms with Crippen molar-refractivity contribution in [1.82, 2.24) is 9.62 Å². The zero-order chi connectivity index (χ0) is 27.0. The van der Waals surface area contributed by atoms with Gasteiger partial charge in [0.1, 0.15) is 16.1 Å². The van der Waals surface area contributed by atoms with Crippen molar-refractivity contribution in [3.05, 3.63) is 63.8 Å². The van der Waals surface area contributed by atoms with E-state index in [4.69, 9.17) is 33.2 Å². The number of likely N-dealkylation sites (N-methyl/N-ethyl adjacent to an activating group) is 1. The second kappa shape index (κ2) is 10.5. The zero-order valence-corrected chi connectivity index (χ0v) is 22.6. The van der Waals surface area contributed by atoms with Crippen molar-refractivity contribution in [1.29, 1.82) is 5.26 Å². The van der Waals surface area contributed by atoms with E-state index in [-0.39, 0.29) is 20.7 Å². The molecule has 0 saturated carbocycles. The lowest BCUT2D eigenvalue weighted by atomic mass is 9.95. The summed E-state index contributed by atoms with van der Waals surface area (Å²) in [6, 6.07) is 10.4. The number of halogens is 5. The van der Waals surface area contributed by atoms with E-state index in [1.165, 1.54) is 6.07 Å². The third kappa shape index (κ3) is 5.94. The molecule has 2 aliphatic rings. The fourth-order valence-electron chi connectivity index (χ4n) is 4.18. The van der Waals surface area contributed by atoms with Crippen molar-refractivity contribution in [3.8, 4) is 17.2 Å². The van der Waals surface area contributed by atoms with Crippen LogP contribution < -0.4 is 4.72 Å². The van der Waals surface area contributed by atoms with E-state index in [1.807, 2.05) is 18.0 Å². The molecule has 1 aliphatic carbocycles. The largest absolute Gasteiger partial charge is 0.491 e. The first-order chi connectivity index (χ1) is 17.3. The number of nitriles is 1. The van der Waals surface area contributed by atoms with Gasteiger partial charge in [-0.05, 0) is 30.7 Å². The van der Waals surface area contributed by atoms with Crippen molar-refractivity contribution in [2.24, 2.45) is 0 Å². The van der Waals surface area contributed by atoms with Crippen LogP contribution in [-0.4, -0.2) is 50.6 Å². The molecule has 0 radical (unpaired) electrons. The number of hydrogen-bond donors (Lipinski definition) is 1. The topological polar surface area (TPSA) is 82.4 Å². The van der Waals surface area contributed by atoms with E-state index in [9.17, 15) is 21.6 Å². The fourth-order valence-corrected chi connectivity index (χ4v) is 7.32. The molecule has 1 aliphatic heterocycles. The Morgan fingerprint density at radius 1 is 1.35 bits per heavy atom. The second-order valence-corrected chi connectivity index (χ2v) is 13.1. The third-order valence-electron chi connectivity index (χ3n) is 6.06. The lowest BCUT2D eigenvalue weighted by Gasteiger charge is -2.35. The van der Waals surface area contributed by atoms with Gasteiger partial charge in [0.2, 0.25) is 0 Å². The number of nitrogens with zero attached hydrogens (tertiary/aromatic N) is 2. The molecule has 0 amide bonds. The van der Waals surface area contributed by atoms with Crippen molar-refractivity contribution in [3.63, 3.8) is 0 Å². The van der Waals surface area contributed by atoms with Crippen molar-refractivity contribution >= 4 is 44.6 Å². The number of benzene rings is 1. The lowest BCUT2D eigenvalue weighted by Crippen LogP contribution is -2.45. The quantitative estimate of drug-likeness (QED) is 0.409. The molecule has 1 aromatic carbocycles. The van der Waals surface area contributed by atoms with E-state index in [1.54, 1.807) is 24.3 Å². The average Bonchev–Trinajstić information content (AvgIpc) is 3.41. The van der Waals surface area contributed by atoms with E-state index < -0.39 is 39.4 Å². The predicted octanol–water partition coefficient (Wildman–Crippen LogP) is 5.84. The normalized spacial score (nSPS) is 22.8. The zero-order valence-electron chi connectivity index (χ0n) is 19.5. The highest BCUT2D eigenvalue weighted by Crippen LogP contribution is 2.48. The Labute approximate surface area is 227 Å². The maximum Gasteiger partial charge on any atom is 0.415 e. The molecular weight excluding hydrogens is 570 g/mol. The van der Waals surface area contributed by atoms with Crippen LogP contribution in [0.1, 0.15) is 18.4 Å². The van der Waals surface area contributed by atoms with Gasteiger partial charge in [0.05, 0.1) is 16.8 Å². The fraction of sp³-hybridized carbons (Fsp3) is 0.375. The molecule has 0 bridgehead atoms. The van der Waals surface area contributed by atoms with Gasteiger partial charge in [0, 0.05) is 36.8 Å². The van der Waals surface area contributed by atoms with Crippen molar-refractivity contribution in [2.75, 3.05) is 20.1 Å². The summed E-state index contributed by atoms with van der Waals surface area (Å²) in [7, 11) is -2.43. The molecule has 2 heterocycles. The summed E-state index contributed by atoms with van der Waals surface area (Å²) >= 11 is 13.0. The highest BCUT2D eigenvalue weighted by atomic mass is 35.5. The minimum Gasteiger partial charge on any atom is -0.491 e. The molecular formula is C24H22Cl2F3N3O3S2. The maximum absolute atomic E-state index is 13.9. The van der Waals surface area contributed by atoms with Crippen LogP contribution in [0.25, 0.3) is 11.1 Å². The van der Waals surface area contributed by atoms with Gasteiger partial charge in [0.15, 0.2) is 4.87 Å². The number of sulfonamides is 1. The summed E-state index contributed by atoms with van der Waals surface area (Å²) < 4.78 is 76.7. The van der Waals surface area contributed by atoms with Crippen LogP contribution in [0.4, 0.5) is 13.2 Å². The summed E-state index contributed by atoms with van der Waals surface area (Å²) in [6.45, 7) is 1.08. The summed E-state index contributed by atoms with van der Waals surface area (Å²) in [4.78, 5) is -0.883. The number of hydrogen-bond acceptors (Lipinski definition) is 6. The molecule has 1 aromatic heterocycles. The van der Waals surface area contributed by atoms with Crippen LogP contribution in [0.5, 0.6) is 0 Å². The monoisotopic (exact) mass is 591 g/mol. The Balaban J connectivity index is 1.66. The first-order valence-corrected chi connectivity index (χ1v) is 14.2. The number of ether oxygens (including phenoxy) is 1. The molecule has 1 unspecified atom stereocenters. The highest BCUT2D eigenvalue weighted by molar-refractivity contribution is 7.92. The third-order valence-corrected chi connectivity index (χ3v) is 9.79. The summed E-state index contributed by atoms with van der Waals surface area (Å²) in [5.41, 5.74) is 1.46. The molecule has 2 aromatic rings. The van der Waals surface area contributed by atoms with Crippen LogP contribution in [0.15, 0.2) is 58.1 Å². The SMILES string of the molecule is CN1CC[C@@H](OC2=CC(NS(=O)(=O)c3sc(Cl)cc3-c3cccc(CC#N)c3)=CCC2(Cl)C(F)(F)F)C1. The van der Waals surface area contributed by atoms with Gasteiger partial charge >= 0.3 is 6.18 Å². The van der Waals surface area contributed by atoms with E-state index in [0.29, 0.717) is 36.2 Å². The van der Waals surface area contributed by atoms with Gasteiger partial charge in [-0.25, -0.2) is 8.42 Å². The van der Waals surface area contributed by atoms with E-state index in [0.717, 1.165) is 23.5 Å². The van der Waals surface area contributed by atoms with Gasteiger partial charge in [-0.1, -0.05) is 41.9 Å². The first kappa shape index (κ1) is 27.8. The number of rotatable bonds is 7. The standard InChI is InChI=1S/C24H22Cl2F3N3O3S2/c1-32-10-7-18(14-32)35-20-12-17(5-8-23(20,26)24(27,28)29)31-37(33,34)22-19(13-21(25)36-22)16-4-2-3-15(11-16)6-9-30/h2-5,11-13,18,31H,6-8,10,14H2,1H3/t18-,23?/m1/s1. The number of likely N-dealkylation sites (tertiary alicyclic amines) is 1. The Morgan fingerprint density at radius 3 is 2.76 bits per heavy atom. The van der Waals surface area contributed by atoms with Crippen LogP contribution >= 0.6 is 34.5 Å². The van der Waals surface area contributed by atoms with Crippen LogP contribution in [-0.2, 0) is 21.2 Å². The lowest BCUT2D eigenvalue weighted by molar-refractivity contribution is -0.163. The molecule has 4 rings (SSSR count). The Hall–Kier alpha value is -2.23. The summed E-state index contributed by atoms with van der Waals surface area (Å²) in [5, 5.41) is 8.98. The number of allylic oxidation sites excluding steroid dienone is 3. The van der Waals surface area contributed by atoms with Gasteiger partial charge in [-0.15, -0.1) is 22.9 Å². The summed E-state index contributed by atoms with van der Waals surface area (Å²) in [5.74, 6) is -0.546. The Bertz CT molecular complexity index is 1400. The number of alkyl halides is 4. The van der Waals surface area contributed by atoms with E-state index in [2.05, 4.69) is 4.72 Å². The molecule has 37 heavy (non-hydrogen) atoms. The smallest absolute Gasteiger partial charge is 0.415 e. The Morgan fingerprint density at radius 2 is 2.11 bits per heavy atom. The van der Waals surface area contributed by atoms with Gasteiger partial charge in [-0.3, -0.25) is 4.72 Å². The highest BCUT2D eigenvalue weighted by Gasteiger charge is 2.58. The van der Waals surface area contributed by atoms with Gasteiger partial charge < -0.3 is 9.64 Å². The predicted molar refractivity (Wildman–Crippen MR) is 137 cm³/mol. The average molecular weight is 592 g/mol. The Kier molecular flexibility index (Phi) is 7.89.